The fourth-order valence-corrected chi connectivity index (χ4v) is 2.45. The largest absolute Gasteiger partial charge is 0.393 e. The Labute approximate surface area is 124 Å². The summed E-state index contributed by atoms with van der Waals surface area (Å²) in [6.07, 6.45) is 0.388. The topological polar surface area (TPSA) is 69.6 Å². The summed E-state index contributed by atoms with van der Waals surface area (Å²) in [5, 5.41) is 21.1. The van der Waals surface area contributed by atoms with E-state index in [-0.39, 0.29) is 19.1 Å². The van der Waals surface area contributed by atoms with Gasteiger partial charge in [0.25, 0.3) is 0 Å². The zero-order valence-corrected chi connectivity index (χ0v) is 13.1. The Balaban J connectivity index is 2.30. The lowest BCUT2D eigenvalue weighted by Gasteiger charge is -2.20. The van der Waals surface area contributed by atoms with Crippen LogP contribution in [0, 0.1) is 13.8 Å². The molecule has 0 bridgehead atoms. The van der Waals surface area contributed by atoms with Gasteiger partial charge in [-0.25, -0.2) is 0 Å². The Morgan fingerprint density at radius 3 is 2.65 bits per heavy atom. The number of aliphatic hydroxyl groups is 2. The molecule has 1 atom stereocenters. The molecular formula is C15H23NO3S. The number of hydrogen-bond donors (Lipinski definition) is 3. The molecule has 0 fully saturated rings. The molecule has 1 amide bonds. The molecule has 5 heteroatoms. The van der Waals surface area contributed by atoms with E-state index in [9.17, 15) is 9.90 Å². The van der Waals surface area contributed by atoms with Crippen LogP contribution < -0.4 is 5.32 Å². The molecule has 0 radical (unpaired) electrons. The second-order valence-electron chi connectivity index (χ2n) is 5.28. The molecule has 4 nitrogen and oxygen atoms in total. The van der Waals surface area contributed by atoms with Gasteiger partial charge in [0.2, 0.25) is 5.91 Å². The summed E-state index contributed by atoms with van der Waals surface area (Å²) in [4.78, 5) is 12.8. The Bertz CT molecular complexity index is 460. The number of thioether (sulfide) groups is 1. The van der Waals surface area contributed by atoms with E-state index in [2.05, 4.69) is 37.4 Å². The van der Waals surface area contributed by atoms with E-state index in [0.29, 0.717) is 12.2 Å². The second-order valence-corrected chi connectivity index (χ2v) is 6.44. The molecule has 0 aliphatic rings. The van der Waals surface area contributed by atoms with Crippen molar-refractivity contribution in [2.24, 2.45) is 0 Å². The zero-order valence-electron chi connectivity index (χ0n) is 12.3. The predicted octanol–water partition coefficient (Wildman–Crippen LogP) is 1.65. The molecule has 0 aromatic heterocycles. The maximum atomic E-state index is 11.6. The highest BCUT2D eigenvalue weighted by atomic mass is 32.2. The quantitative estimate of drug-likeness (QED) is 0.669. The minimum Gasteiger partial charge on any atom is -0.393 e. The molecule has 1 unspecified atom stereocenters. The summed E-state index contributed by atoms with van der Waals surface area (Å²) in [5.74, 6) is 0.574. The van der Waals surface area contributed by atoms with Gasteiger partial charge in [-0.15, -0.1) is 11.8 Å². The van der Waals surface area contributed by atoms with Crippen molar-refractivity contribution >= 4 is 17.7 Å². The van der Waals surface area contributed by atoms with Gasteiger partial charge in [0, 0.05) is 23.6 Å². The summed E-state index contributed by atoms with van der Waals surface area (Å²) < 4.78 is 0. The van der Waals surface area contributed by atoms with Gasteiger partial charge < -0.3 is 15.5 Å². The summed E-state index contributed by atoms with van der Waals surface area (Å²) in [5.41, 5.74) is 1.26. The second kappa shape index (κ2) is 7.67. The van der Waals surface area contributed by atoms with Crippen LogP contribution >= 0.6 is 11.8 Å². The van der Waals surface area contributed by atoms with Crippen LogP contribution in [0.25, 0.3) is 0 Å². The third-order valence-electron chi connectivity index (χ3n) is 3.08. The van der Waals surface area contributed by atoms with Crippen LogP contribution in [0.3, 0.4) is 0 Å². The first kappa shape index (κ1) is 17.0. The van der Waals surface area contributed by atoms with Gasteiger partial charge in [-0.05, 0) is 44.0 Å². The molecule has 1 aromatic rings. The van der Waals surface area contributed by atoms with Gasteiger partial charge >= 0.3 is 0 Å². The molecule has 1 aromatic carbocycles. The van der Waals surface area contributed by atoms with E-state index < -0.39 is 5.60 Å². The number of carbonyl (C=O) groups is 1. The van der Waals surface area contributed by atoms with E-state index in [4.69, 9.17) is 5.11 Å². The predicted molar refractivity (Wildman–Crippen MR) is 82.0 cm³/mol. The molecule has 1 rings (SSSR count). The summed E-state index contributed by atoms with van der Waals surface area (Å²) in [7, 11) is 0. The monoisotopic (exact) mass is 297 g/mol. The fourth-order valence-electron chi connectivity index (χ4n) is 1.50. The zero-order chi connectivity index (χ0) is 15.2. The molecule has 0 saturated heterocycles. The summed E-state index contributed by atoms with van der Waals surface area (Å²) in [6, 6.07) is 6.26. The lowest BCUT2D eigenvalue weighted by Crippen LogP contribution is -2.43. The first-order chi connectivity index (χ1) is 9.34. The Hall–Kier alpha value is -1.04. The lowest BCUT2D eigenvalue weighted by molar-refractivity contribution is -0.122. The number of rotatable bonds is 7. The van der Waals surface area contributed by atoms with Gasteiger partial charge in [-0.2, -0.15) is 0 Å². The minimum absolute atomic E-state index is 0.0661. The summed E-state index contributed by atoms with van der Waals surface area (Å²) in [6.45, 7) is 5.33. The Morgan fingerprint density at radius 1 is 1.35 bits per heavy atom. The normalized spacial score (nSPS) is 13.8. The fraction of sp³-hybridized carbons (Fsp3) is 0.533. The molecule has 0 saturated carbocycles. The molecule has 0 heterocycles. The maximum Gasteiger partial charge on any atom is 0.220 e. The van der Waals surface area contributed by atoms with Crippen molar-refractivity contribution in [1.82, 2.24) is 5.32 Å². The first-order valence-corrected chi connectivity index (χ1v) is 7.62. The van der Waals surface area contributed by atoms with Crippen LogP contribution in [0.2, 0.25) is 0 Å². The number of carbonyl (C=O) groups excluding carboxylic acids is 1. The molecular weight excluding hydrogens is 274 g/mol. The van der Waals surface area contributed by atoms with Crippen LogP contribution in [0.1, 0.15) is 24.5 Å². The average molecular weight is 297 g/mol. The van der Waals surface area contributed by atoms with Crippen LogP contribution in [0.4, 0.5) is 0 Å². The number of nitrogens with one attached hydrogen (secondary N) is 1. The van der Waals surface area contributed by atoms with Crippen molar-refractivity contribution in [3.05, 3.63) is 29.3 Å². The number of amides is 1. The van der Waals surface area contributed by atoms with E-state index in [1.807, 2.05) is 0 Å². The standard InChI is InChI=1S/C15H23NO3S/c1-11-4-5-13(8-12(11)2)20-7-6-14(18)16-9-15(3,19)10-17/h4-5,8,17,19H,6-7,9-10H2,1-3H3,(H,16,18). The molecule has 112 valence electrons. The average Bonchev–Trinajstić information content (AvgIpc) is 2.41. The van der Waals surface area contributed by atoms with Crippen molar-refractivity contribution in [1.29, 1.82) is 0 Å². The van der Waals surface area contributed by atoms with Gasteiger partial charge in [0.15, 0.2) is 0 Å². The highest BCUT2D eigenvalue weighted by Crippen LogP contribution is 2.21. The highest BCUT2D eigenvalue weighted by molar-refractivity contribution is 7.99. The van der Waals surface area contributed by atoms with Crippen molar-refractivity contribution in [2.75, 3.05) is 18.9 Å². The SMILES string of the molecule is Cc1ccc(SCCC(=O)NCC(C)(O)CO)cc1C. The van der Waals surface area contributed by atoms with Crippen molar-refractivity contribution in [3.8, 4) is 0 Å². The van der Waals surface area contributed by atoms with Crippen LogP contribution in [0.15, 0.2) is 23.1 Å². The molecule has 0 aliphatic heterocycles. The third kappa shape index (κ3) is 5.94. The Morgan fingerprint density at radius 2 is 2.05 bits per heavy atom. The van der Waals surface area contributed by atoms with E-state index in [1.54, 1.807) is 11.8 Å². The van der Waals surface area contributed by atoms with Crippen LogP contribution in [-0.4, -0.2) is 40.6 Å². The van der Waals surface area contributed by atoms with Crippen LogP contribution in [0.5, 0.6) is 0 Å². The number of hydrogen-bond acceptors (Lipinski definition) is 4. The lowest BCUT2D eigenvalue weighted by atomic mass is 10.1. The van der Waals surface area contributed by atoms with Gasteiger partial charge in [-0.3, -0.25) is 4.79 Å². The van der Waals surface area contributed by atoms with Crippen molar-refractivity contribution in [3.63, 3.8) is 0 Å². The number of benzene rings is 1. The van der Waals surface area contributed by atoms with Crippen molar-refractivity contribution < 1.29 is 15.0 Å². The maximum absolute atomic E-state index is 11.6. The smallest absolute Gasteiger partial charge is 0.220 e. The highest BCUT2D eigenvalue weighted by Gasteiger charge is 2.19. The molecule has 0 spiro atoms. The molecule has 20 heavy (non-hydrogen) atoms. The van der Waals surface area contributed by atoms with E-state index in [0.717, 1.165) is 4.90 Å². The van der Waals surface area contributed by atoms with E-state index >= 15 is 0 Å². The minimum atomic E-state index is -1.25. The van der Waals surface area contributed by atoms with Gasteiger partial charge in [-0.1, -0.05) is 6.07 Å². The van der Waals surface area contributed by atoms with Gasteiger partial charge in [0.05, 0.1) is 6.61 Å². The van der Waals surface area contributed by atoms with Gasteiger partial charge in [0.1, 0.15) is 5.60 Å². The molecule has 0 aliphatic carbocycles. The number of aliphatic hydroxyl groups excluding tert-OH is 1. The molecule has 3 N–H and O–H groups in total. The first-order valence-electron chi connectivity index (χ1n) is 6.64. The van der Waals surface area contributed by atoms with E-state index in [1.165, 1.54) is 18.1 Å². The third-order valence-corrected chi connectivity index (χ3v) is 4.08. The van der Waals surface area contributed by atoms with Crippen molar-refractivity contribution in [2.45, 2.75) is 37.7 Å². The summed E-state index contributed by atoms with van der Waals surface area (Å²) >= 11 is 1.64. The number of aryl methyl sites for hydroxylation is 2. The Kier molecular flexibility index (Phi) is 6.52. The van der Waals surface area contributed by atoms with Crippen LogP contribution in [-0.2, 0) is 4.79 Å².